The van der Waals surface area contributed by atoms with Crippen LogP contribution in [0.1, 0.15) is 32.6 Å². The number of carbonyl (C=O) groups is 1. The molecule has 4 heteroatoms. The van der Waals surface area contributed by atoms with Gasteiger partial charge in [-0.3, -0.25) is 4.79 Å². The first kappa shape index (κ1) is 13.5. The third-order valence-corrected chi connectivity index (χ3v) is 3.79. The predicted octanol–water partition coefficient (Wildman–Crippen LogP) is 0.570. The Balaban J connectivity index is 2.49. The van der Waals surface area contributed by atoms with Gasteiger partial charge < -0.3 is 16.0 Å². The Hall–Kier alpha value is -0.610. The lowest BCUT2D eigenvalue weighted by molar-refractivity contribution is -0.120. The molecule has 1 aliphatic rings. The number of hydrogen-bond acceptors (Lipinski definition) is 3. The fourth-order valence-corrected chi connectivity index (χ4v) is 2.70. The van der Waals surface area contributed by atoms with E-state index < -0.39 is 0 Å². The van der Waals surface area contributed by atoms with Gasteiger partial charge in [0.15, 0.2) is 0 Å². The number of amides is 1. The number of nitrogens with zero attached hydrogens (tertiary/aromatic N) is 1. The Labute approximate surface area is 98.6 Å². The van der Waals surface area contributed by atoms with Crippen molar-refractivity contribution in [3.05, 3.63) is 0 Å². The van der Waals surface area contributed by atoms with E-state index >= 15 is 0 Å². The Kier molecular flexibility index (Phi) is 5.22. The average Bonchev–Trinajstić information content (AvgIpc) is 2.25. The van der Waals surface area contributed by atoms with Gasteiger partial charge >= 0.3 is 0 Å². The molecule has 1 rings (SSSR count). The SMILES string of the molecule is CNC(CN(C)C1CCCCC1C)C(N)=O. The maximum atomic E-state index is 11.2. The van der Waals surface area contributed by atoms with Crippen LogP contribution in [0, 0.1) is 5.92 Å². The number of rotatable bonds is 5. The zero-order valence-corrected chi connectivity index (χ0v) is 10.7. The molecule has 0 aromatic carbocycles. The molecular formula is C12H25N3O. The molecule has 0 heterocycles. The number of carbonyl (C=O) groups excluding carboxylic acids is 1. The fraction of sp³-hybridized carbons (Fsp3) is 0.917. The van der Waals surface area contributed by atoms with E-state index in [9.17, 15) is 4.79 Å². The van der Waals surface area contributed by atoms with E-state index in [1.54, 1.807) is 7.05 Å². The van der Waals surface area contributed by atoms with Crippen molar-refractivity contribution in [1.29, 1.82) is 0 Å². The van der Waals surface area contributed by atoms with Crippen LogP contribution in [0.15, 0.2) is 0 Å². The molecule has 3 N–H and O–H groups in total. The highest BCUT2D eigenvalue weighted by molar-refractivity contribution is 5.80. The summed E-state index contributed by atoms with van der Waals surface area (Å²) < 4.78 is 0. The monoisotopic (exact) mass is 227 g/mol. The first-order valence-corrected chi connectivity index (χ1v) is 6.23. The smallest absolute Gasteiger partial charge is 0.235 e. The van der Waals surface area contributed by atoms with Gasteiger partial charge in [-0.05, 0) is 32.9 Å². The minimum absolute atomic E-state index is 0.237. The molecule has 16 heavy (non-hydrogen) atoms. The van der Waals surface area contributed by atoms with Crippen molar-refractivity contribution in [3.8, 4) is 0 Å². The molecule has 1 saturated carbocycles. The highest BCUT2D eigenvalue weighted by atomic mass is 16.1. The molecule has 0 aromatic heterocycles. The normalized spacial score (nSPS) is 28.0. The molecule has 1 aliphatic carbocycles. The second-order valence-corrected chi connectivity index (χ2v) is 5.01. The molecule has 94 valence electrons. The second kappa shape index (κ2) is 6.21. The second-order valence-electron chi connectivity index (χ2n) is 5.01. The van der Waals surface area contributed by atoms with Crippen LogP contribution >= 0.6 is 0 Å². The lowest BCUT2D eigenvalue weighted by Crippen LogP contribution is -2.50. The number of likely N-dealkylation sites (N-methyl/N-ethyl adjacent to an activating group) is 2. The van der Waals surface area contributed by atoms with Crippen molar-refractivity contribution in [3.63, 3.8) is 0 Å². The molecule has 0 radical (unpaired) electrons. The van der Waals surface area contributed by atoms with Gasteiger partial charge in [0, 0.05) is 12.6 Å². The zero-order chi connectivity index (χ0) is 12.1. The fourth-order valence-electron chi connectivity index (χ4n) is 2.70. The van der Waals surface area contributed by atoms with Crippen LogP contribution in [0.2, 0.25) is 0 Å². The summed E-state index contributed by atoms with van der Waals surface area (Å²) in [6.07, 6.45) is 5.19. The lowest BCUT2D eigenvalue weighted by atomic mass is 9.85. The summed E-state index contributed by atoms with van der Waals surface area (Å²) in [6, 6.07) is 0.364. The summed E-state index contributed by atoms with van der Waals surface area (Å²) in [4.78, 5) is 13.5. The number of hydrogen-bond donors (Lipinski definition) is 2. The van der Waals surface area contributed by atoms with E-state index in [0.29, 0.717) is 12.6 Å². The van der Waals surface area contributed by atoms with Gasteiger partial charge in [0.25, 0.3) is 0 Å². The van der Waals surface area contributed by atoms with Crippen molar-refractivity contribution < 1.29 is 4.79 Å². The van der Waals surface area contributed by atoms with Gasteiger partial charge in [0.1, 0.15) is 0 Å². The van der Waals surface area contributed by atoms with Crippen LogP contribution in [0.5, 0.6) is 0 Å². The molecular weight excluding hydrogens is 202 g/mol. The Morgan fingerprint density at radius 1 is 1.50 bits per heavy atom. The molecule has 3 atom stereocenters. The molecule has 0 bridgehead atoms. The van der Waals surface area contributed by atoms with E-state index in [1.807, 2.05) is 0 Å². The maximum absolute atomic E-state index is 11.2. The molecule has 1 amide bonds. The largest absolute Gasteiger partial charge is 0.368 e. The summed E-state index contributed by atoms with van der Waals surface area (Å²) in [5, 5.41) is 2.97. The van der Waals surface area contributed by atoms with Crippen molar-refractivity contribution in [1.82, 2.24) is 10.2 Å². The summed E-state index contributed by atoms with van der Waals surface area (Å²) in [5.41, 5.74) is 5.33. The Morgan fingerprint density at radius 2 is 2.12 bits per heavy atom. The quantitative estimate of drug-likeness (QED) is 0.722. The molecule has 0 saturated heterocycles. The van der Waals surface area contributed by atoms with E-state index in [-0.39, 0.29) is 11.9 Å². The van der Waals surface area contributed by atoms with Crippen molar-refractivity contribution >= 4 is 5.91 Å². The first-order chi connectivity index (χ1) is 7.56. The van der Waals surface area contributed by atoms with E-state index in [2.05, 4.69) is 24.2 Å². The summed E-state index contributed by atoms with van der Waals surface area (Å²) in [6.45, 7) is 3.01. The van der Waals surface area contributed by atoms with Crippen LogP contribution < -0.4 is 11.1 Å². The standard InChI is InChI=1S/C12H25N3O/c1-9-6-4-5-7-11(9)15(3)8-10(14-2)12(13)16/h9-11,14H,4-8H2,1-3H3,(H2,13,16). The minimum atomic E-state index is -0.266. The van der Waals surface area contributed by atoms with Gasteiger partial charge in [-0.15, -0.1) is 0 Å². The predicted molar refractivity (Wildman–Crippen MR) is 66.1 cm³/mol. The summed E-state index contributed by atoms with van der Waals surface area (Å²) >= 11 is 0. The molecule has 0 aliphatic heterocycles. The highest BCUT2D eigenvalue weighted by Gasteiger charge is 2.27. The van der Waals surface area contributed by atoms with Crippen molar-refractivity contribution in [2.45, 2.75) is 44.7 Å². The molecule has 0 aromatic rings. The number of nitrogens with one attached hydrogen (secondary N) is 1. The Bertz CT molecular complexity index is 232. The maximum Gasteiger partial charge on any atom is 0.235 e. The van der Waals surface area contributed by atoms with Gasteiger partial charge in [-0.25, -0.2) is 0 Å². The van der Waals surface area contributed by atoms with Gasteiger partial charge in [0.05, 0.1) is 6.04 Å². The number of primary amides is 1. The molecule has 1 fully saturated rings. The van der Waals surface area contributed by atoms with Gasteiger partial charge in [0.2, 0.25) is 5.91 Å². The molecule has 4 nitrogen and oxygen atoms in total. The van der Waals surface area contributed by atoms with Gasteiger partial charge in [-0.2, -0.15) is 0 Å². The van der Waals surface area contributed by atoms with E-state index in [4.69, 9.17) is 5.73 Å². The minimum Gasteiger partial charge on any atom is -0.368 e. The van der Waals surface area contributed by atoms with Crippen molar-refractivity contribution in [2.75, 3.05) is 20.6 Å². The molecule has 0 spiro atoms. The zero-order valence-electron chi connectivity index (χ0n) is 10.7. The summed E-state index contributed by atoms with van der Waals surface area (Å²) in [7, 11) is 3.88. The van der Waals surface area contributed by atoms with Crippen LogP contribution in [0.3, 0.4) is 0 Å². The highest BCUT2D eigenvalue weighted by Crippen LogP contribution is 2.27. The van der Waals surface area contributed by atoms with E-state index in [0.717, 1.165) is 5.92 Å². The average molecular weight is 227 g/mol. The summed E-state index contributed by atoms with van der Waals surface area (Å²) in [5.74, 6) is 0.460. The third kappa shape index (κ3) is 3.46. The van der Waals surface area contributed by atoms with Crippen LogP contribution in [-0.4, -0.2) is 43.5 Å². The van der Waals surface area contributed by atoms with E-state index in [1.165, 1.54) is 25.7 Å². The number of nitrogens with two attached hydrogens (primary N) is 1. The van der Waals surface area contributed by atoms with Crippen LogP contribution in [0.25, 0.3) is 0 Å². The van der Waals surface area contributed by atoms with Crippen LogP contribution in [0.4, 0.5) is 0 Å². The van der Waals surface area contributed by atoms with Crippen LogP contribution in [-0.2, 0) is 4.79 Å². The van der Waals surface area contributed by atoms with Crippen molar-refractivity contribution in [2.24, 2.45) is 11.7 Å². The topological polar surface area (TPSA) is 58.4 Å². The van der Waals surface area contributed by atoms with Gasteiger partial charge in [-0.1, -0.05) is 19.8 Å². The lowest BCUT2D eigenvalue weighted by Gasteiger charge is -2.37. The molecule has 3 unspecified atom stereocenters. The third-order valence-electron chi connectivity index (χ3n) is 3.79. The first-order valence-electron chi connectivity index (χ1n) is 6.23. The Morgan fingerprint density at radius 3 is 2.62 bits per heavy atom.